The molecule has 0 amide bonds. The first-order chi connectivity index (χ1) is 7.56. The van der Waals surface area contributed by atoms with Crippen molar-refractivity contribution in [3.05, 3.63) is 27.5 Å². The van der Waals surface area contributed by atoms with E-state index in [0.717, 1.165) is 14.5 Å². The van der Waals surface area contributed by atoms with Gasteiger partial charge in [0.2, 0.25) is 0 Å². The number of hydrogen-bond donors (Lipinski definition) is 0. The van der Waals surface area contributed by atoms with Crippen molar-refractivity contribution < 1.29 is 14.2 Å². The Labute approximate surface area is 107 Å². The highest BCUT2D eigenvalue weighted by Gasteiger charge is 2.27. The van der Waals surface area contributed by atoms with Crippen molar-refractivity contribution in [2.75, 3.05) is 7.11 Å². The molecule has 4 nitrogen and oxygen atoms in total. The number of hydrogen-bond acceptors (Lipinski definition) is 2. The average Bonchev–Trinajstić information content (AvgIpc) is 2.51. The number of carbonyl (C=O) groups excluding carboxylic acids is 1. The van der Waals surface area contributed by atoms with Gasteiger partial charge in [-0.05, 0) is 40.8 Å². The number of fused-ring (bicyclic) bond motifs is 1. The lowest BCUT2D eigenvalue weighted by atomic mass is 10.2. The Morgan fingerprint density at radius 3 is 2.81 bits per heavy atom. The maximum absolute atomic E-state index is 11.7. The summed E-state index contributed by atoms with van der Waals surface area (Å²) in [6, 6.07) is 6.01. The van der Waals surface area contributed by atoms with E-state index in [-0.39, 0.29) is 5.97 Å². The quantitative estimate of drug-likeness (QED) is 0.450. The third-order valence-corrected chi connectivity index (χ3v) is 3.39. The highest BCUT2D eigenvalue weighted by atomic mass is 127. The van der Waals surface area contributed by atoms with Crippen LogP contribution in [0.15, 0.2) is 18.2 Å². The van der Waals surface area contributed by atoms with Gasteiger partial charge in [-0.15, -0.1) is 4.68 Å². The Hall–Kier alpha value is -1.11. The van der Waals surface area contributed by atoms with Crippen molar-refractivity contribution in [3.8, 4) is 0 Å². The number of nitrogens with zero attached hydrogens (tertiary/aromatic N) is 2. The lowest BCUT2D eigenvalue weighted by Crippen LogP contribution is -2.42. The molecule has 1 aromatic heterocycles. The van der Waals surface area contributed by atoms with Crippen LogP contribution in [0.3, 0.4) is 0 Å². The summed E-state index contributed by atoms with van der Waals surface area (Å²) in [7, 11) is 5.16. The minimum Gasteiger partial charge on any atom is -0.461 e. The standard InChI is InChI=1S/C11H12IN2O2/c1-13-9-5-4-7(12)6-8(9)10(14(13)2)11(15)16-3/h4-6H,1-3H3/q+1. The zero-order chi connectivity index (χ0) is 11.9. The molecule has 0 N–H and O–H groups in total. The lowest BCUT2D eigenvalue weighted by molar-refractivity contribution is -0.750. The number of aryl methyl sites for hydroxylation is 1. The molecule has 0 fully saturated rings. The first kappa shape index (κ1) is 11.4. The van der Waals surface area contributed by atoms with Gasteiger partial charge in [-0.25, -0.2) is 4.79 Å². The van der Waals surface area contributed by atoms with E-state index in [1.165, 1.54) is 7.11 Å². The molecule has 0 unspecified atom stereocenters. The second-order valence-corrected chi connectivity index (χ2v) is 4.79. The van der Waals surface area contributed by atoms with Crippen molar-refractivity contribution in [2.45, 2.75) is 0 Å². The van der Waals surface area contributed by atoms with Crippen LogP contribution in [0, 0.1) is 3.57 Å². The molecule has 0 aliphatic rings. The summed E-state index contributed by atoms with van der Waals surface area (Å²) in [5, 5.41) is 0.920. The van der Waals surface area contributed by atoms with Crippen LogP contribution in [0.25, 0.3) is 10.9 Å². The van der Waals surface area contributed by atoms with Crippen molar-refractivity contribution in [3.63, 3.8) is 0 Å². The van der Waals surface area contributed by atoms with Gasteiger partial charge in [0, 0.05) is 3.57 Å². The Bertz CT molecular complexity index is 575. The third-order valence-electron chi connectivity index (χ3n) is 2.71. The van der Waals surface area contributed by atoms with Crippen LogP contribution in [0.2, 0.25) is 0 Å². The van der Waals surface area contributed by atoms with Crippen molar-refractivity contribution in [1.29, 1.82) is 0 Å². The van der Waals surface area contributed by atoms with E-state index < -0.39 is 0 Å². The summed E-state index contributed by atoms with van der Waals surface area (Å²) in [5.74, 6) is -0.310. The van der Waals surface area contributed by atoms with Crippen molar-refractivity contribution in [2.24, 2.45) is 14.1 Å². The van der Waals surface area contributed by atoms with E-state index >= 15 is 0 Å². The number of ether oxygens (including phenoxy) is 1. The fraction of sp³-hybridized carbons (Fsp3) is 0.273. The minimum absolute atomic E-state index is 0.310. The molecule has 0 radical (unpaired) electrons. The molecule has 0 spiro atoms. The molecule has 2 rings (SSSR count). The molecule has 0 saturated heterocycles. The zero-order valence-electron chi connectivity index (χ0n) is 9.32. The summed E-state index contributed by atoms with van der Waals surface area (Å²) < 4.78 is 9.63. The van der Waals surface area contributed by atoms with Gasteiger partial charge in [0.1, 0.15) is 5.52 Å². The molecule has 84 valence electrons. The van der Waals surface area contributed by atoms with Crippen molar-refractivity contribution in [1.82, 2.24) is 4.68 Å². The molecule has 0 bridgehead atoms. The topological polar surface area (TPSA) is 35.1 Å². The lowest BCUT2D eigenvalue weighted by Gasteiger charge is -1.93. The van der Waals surface area contributed by atoms with Crippen LogP contribution in [-0.2, 0) is 18.8 Å². The first-order valence-corrected chi connectivity index (χ1v) is 5.86. The Balaban J connectivity index is 2.85. The van der Waals surface area contributed by atoms with Gasteiger partial charge >= 0.3 is 11.7 Å². The molecular formula is C11H12IN2O2+. The number of esters is 1. The van der Waals surface area contributed by atoms with Crippen LogP contribution >= 0.6 is 22.6 Å². The Morgan fingerprint density at radius 1 is 1.50 bits per heavy atom. The maximum atomic E-state index is 11.7. The summed E-state index contributed by atoms with van der Waals surface area (Å²) >= 11 is 2.23. The first-order valence-electron chi connectivity index (χ1n) is 4.79. The number of aromatic nitrogens is 2. The van der Waals surface area contributed by atoms with Gasteiger partial charge in [0.05, 0.1) is 19.5 Å². The average molecular weight is 331 g/mol. The summed E-state index contributed by atoms with van der Waals surface area (Å²) in [6.45, 7) is 0. The van der Waals surface area contributed by atoms with Crippen LogP contribution in [0.1, 0.15) is 10.5 Å². The molecular weight excluding hydrogens is 319 g/mol. The number of halogens is 1. The molecule has 1 heterocycles. The minimum atomic E-state index is -0.310. The molecule has 5 heteroatoms. The molecule has 0 aliphatic heterocycles. The SMILES string of the molecule is COC(=O)c1c2cc(I)ccc2n(C)[n+]1C. The van der Waals surface area contributed by atoms with Gasteiger partial charge in [-0.3, -0.25) is 0 Å². The maximum Gasteiger partial charge on any atom is 0.406 e. The monoisotopic (exact) mass is 331 g/mol. The predicted molar refractivity (Wildman–Crippen MR) is 68.2 cm³/mol. The van der Waals surface area contributed by atoms with Gasteiger partial charge in [0.25, 0.3) is 0 Å². The van der Waals surface area contributed by atoms with Gasteiger partial charge in [0.15, 0.2) is 7.05 Å². The van der Waals surface area contributed by atoms with E-state index in [1.54, 1.807) is 4.68 Å². The van der Waals surface area contributed by atoms with Crippen LogP contribution in [0.4, 0.5) is 0 Å². The summed E-state index contributed by atoms with van der Waals surface area (Å²) in [4.78, 5) is 11.7. The number of rotatable bonds is 1. The predicted octanol–water partition coefficient (Wildman–Crippen LogP) is 1.39. The number of carbonyl (C=O) groups is 1. The van der Waals surface area contributed by atoms with Crippen LogP contribution < -0.4 is 4.68 Å². The molecule has 1 aromatic carbocycles. The number of methoxy groups -OCH3 is 1. The number of benzene rings is 1. The van der Waals surface area contributed by atoms with Crippen LogP contribution in [-0.4, -0.2) is 17.8 Å². The smallest absolute Gasteiger partial charge is 0.406 e. The molecule has 0 aliphatic carbocycles. The summed E-state index contributed by atoms with van der Waals surface area (Å²) in [6.07, 6.45) is 0. The molecule has 0 atom stereocenters. The highest BCUT2D eigenvalue weighted by Crippen LogP contribution is 2.19. The third kappa shape index (κ3) is 1.59. The fourth-order valence-electron chi connectivity index (χ4n) is 1.80. The fourth-order valence-corrected chi connectivity index (χ4v) is 2.30. The van der Waals surface area contributed by atoms with Gasteiger partial charge in [-0.1, -0.05) is 0 Å². The van der Waals surface area contributed by atoms with Gasteiger partial charge in [-0.2, -0.15) is 4.68 Å². The second kappa shape index (κ2) is 4.04. The van der Waals surface area contributed by atoms with Crippen molar-refractivity contribution >= 4 is 39.5 Å². The van der Waals surface area contributed by atoms with E-state index in [1.807, 2.05) is 37.0 Å². The molecule has 2 aromatic rings. The Kier molecular flexibility index (Phi) is 2.88. The zero-order valence-corrected chi connectivity index (χ0v) is 11.5. The molecule has 16 heavy (non-hydrogen) atoms. The van der Waals surface area contributed by atoms with E-state index in [0.29, 0.717) is 5.69 Å². The van der Waals surface area contributed by atoms with Crippen LogP contribution in [0.5, 0.6) is 0 Å². The largest absolute Gasteiger partial charge is 0.461 e. The highest BCUT2D eigenvalue weighted by molar-refractivity contribution is 14.1. The van der Waals surface area contributed by atoms with Gasteiger partial charge < -0.3 is 4.74 Å². The van der Waals surface area contributed by atoms with E-state index in [2.05, 4.69) is 22.6 Å². The normalized spacial score (nSPS) is 10.8. The second-order valence-electron chi connectivity index (χ2n) is 3.55. The Morgan fingerprint density at radius 2 is 2.19 bits per heavy atom. The summed E-state index contributed by atoms with van der Waals surface area (Å²) in [5.41, 5.74) is 1.60. The van der Waals surface area contributed by atoms with E-state index in [4.69, 9.17) is 4.74 Å². The molecule has 0 saturated carbocycles. The van der Waals surface area contributed by atoms with E-state index in [9.17, 15) is 4.79 Å².